The summed E-state index contributed by atoms with van der Waals surface area (Å²) in [7, 11) is 0. The van der Waals surface area contributed by atoms with Gasteiger partial charge in [0.05, 0.1) is 0 Å². The summed E-state index contributed by atoms with van der Waals surface area (Å²) in [6.07, 6.45) is 0. The van der Waals surface area contributed by atoms with Crippen LogP contribution in [0.1, 0.15) is 0 Å². The summed E-state index contributed by atoms with van der Waals surface area (Å²) in [4.78, 5) is 15.4. The summed E-state index contributed by atoms with van der Waals surface area (Å²) in [5, 5.41) is 4.19. The molecule has 0 radical (unpaired) electrons. The second kappa shape index (κ2) is 13.0. The van der Waals surface area contributed by atoms with Crippen molar-refractivity contribution in [3.05, 3.63) is 188 Å². The van der Waals surface area contributed by atoms with Gasteiger partial charge in [-0.05, 0) is 69.8 Å². The van der Waals surface area contributed by atoms with Gasteiger partial charge in [0.15, 0.2) is 17.5 Å². The number of hydrogen-bond donors (Lipinski definition) is 0. The summed E-state index contributed by atoms with van der Waals surface area (Å²) in [6, 6.07) is 64.6. The van der Waals surface area contributed by atoms with E-state index in [1.165, 1.54) is 0 Å². The number of furan rings is 2. The van der Waals surface area contributed by atoms with Gasteiger partial charge in [0.25, 0.3) is 0 Å². The second-order valence-electron chi connectivity index (χ2n) is 14.0. The number of nitrogens with zero attached hydrogens (tertiary/aromatic N) is 3. The minimum absolute atomic E-state index is 0.601. The highest BCUT2D eigenvalue weighted by Gasteiger charge is 2.18. The summed E-state index contributed by atoms with van der Waals surface area (Å²) >= 11 is 0. The Kier molecular flexibility index (Phi) is 7.42. The highest BCUT2D eigenvalue weighted by Crippen LogP contribution is 2.39. The van der Waals surface area contributed by atoms with Gasteiger partial charge in [-0.15, -0.1) is 0 Å². The van der Waals surface area contributed by atoms with E-state index in [2.05, 4.69) is 152 Å². The van der Waals surface area contributed by atoms with E-state index in [4.69, 9.17) is 23.8 Å². The maximum atomic E-state index is 6.38. The van der Waals surface area contributed by atoms with E-state index in [9.17, 15) is 0 Å². The van der Waals surface area contributed by atoms with Crippen LogP contribution in [-0.4, -0.2) is 15.0 Å². The first-order valence-electron chi connectivity index (χ1n) is 18.7. The molecular formula is C51H31N3O2. The number of hydrogen-bond acceptors (Lipinski definition) is 5. The Bertz CT molecular complexity index is 3240. The molecule has 8 aromatic carbocycles. The van der Waals surface area contributed by atoms with Gasteiger partial charge in [0, 0.05) is 38.2 Å². The first-order chi connectivity index (χ1) is 27.7. The summed E-state index contributed by atoms with van der Waals surface area (Å²) in [5.41, 5.74) is 12.7. The second-order valence-corrected chi connectivity index (χ2v) is 14.0. The topological polar surface area (TPSA) is 65.0 Å². The highest BCUT2D eigenvalue weighted by atomic mass is 16.3. The number of fused-ring (bicyclic) bond motifs is 6. The molecule has 0 unspecified atom stereocenters. The van der Waals surface area contributed by atoms with Gasteiger partial charge in [-0.2, -0.15) is 0 Å². The maximum Gasteiger partial charge on any atom is 0.164 e. The Balaban J connectivity index is 1.03. The molecule has 5 nitrogen and oxygen atoms in total. The molecule has 11 rings (SSSR count). The quantitative estimate of drug-likeness (QED) is 0.171. The molecule has 0 aliphatic carbocycles. The van der Waals surface area contributed by atoms with Gasteiger partial charge in [0.2, 0.25) is 0 Å². The van der Waals surface area contributed by atoms with Gasteiger partial charge in [-0.25, -0.2) is 15.0 Å². The number of rotatable bonds is 6. The van der Waals surface area contributed by atoms with Gasteiger partial charge in [-0.1, -0.05) is 152 Å². The van der Waals surface area contributed by atoms with E-state index in [0.717, 1.165) is 93.9 Å². The van der Waals surface area contributed by atoms with Crippen LogP contribution >= 0.6 is 0 Å². The lowest BCUT2D eigenvalue weighted by molar-refractivity contribution is 0.664. The van der Waals surface area contributed by atoms with E-state index in [1.54, 1.807) is 0 Å². The lowest BCUT2D eigenvalue weighted by Crippen LogP contribution is -2.01. The fraction of sp³-hybridized carbons (Fsp3) is 0. The van der Waals surface area contributed by atoms with Crippen LogP contribution in [0.4, 0.5) is 0 Å². The van der Waals surface area contributed by atoms with Crippen LogP contribution in [0, 0.1) is 0 Å². The van der Waals surface area contributed by atoms with Crippen LogP contribution in [0.2, 0.25) is 0 Å². The third kappa shape index (κ3) is 5.53. The van der Waals surface area contributed by atoms with E-state index >= 15 is 0 Å². The smallest absolute Gasteiger partial charge is 0.164 e. The number of aromatic nitrogens is 3. The SMILES string of the molecule is c1ccc(-c2ccc(-c3nc(-c4cccc(-c5ccc6oc7cc8c(cc7c6c5)oc5ccccc58)c4)nc(-c4ccccc4-c4ccccc4)n3)cc2)cc1. The lowest BCUT2D eigenvalue weighted by Gasteiger charge is -2.13. The summed E-state index contributed by atoms with van der Waals surface area (Å²) in [5.74, 6) is 1.83. The zero-order valence-electron chi connectivity index (χ0n) is 30.1. The molecule has 0 aliphatic heterocycles. The van der Waals surface area contributed by atoms with Crippen LogP contribution < -0.4 is 0 Å². The number of benzene rings is 8. The van der Waals surface area contributed by atoms with Crippen molar-refractivity contribution in [2.24, 2.45) is 0 Å². The standard InChI is InChI=1S/C51H31N3O2/c1-3-12-32(13-4-1)33-22-24-35(25-23-33)49-52-50(54-51(53-49)41-20-8-7-18-39(41)34-14-5-2-6-15-34)38-17-11-16-36(28-38)37-26-27-46-42(29-37)44-31-47-43(30-48(44)56-46)40-19-9-10-21-45(40)55-47/h1-31H. The molecule has 5 heteroatoms. The van der Waals surface area contributed by atoms with Crippen molar-refractivity contribution >= 4 is 43.9 Å². The first kappa shape index (κ1) is 31.9. The minimum Gasteiger partial charge on any atom is -0.456 e. The van der Waals surface area contributed by atoms with E-state index in [-0.39, 0.29) is 0 Å². The fourth-order valence-electron chi connectivity index (χ4n) is 7.76. The Morgan fingerprint density at radius 1 is 0.250 bits per heavy atom. The molecule has 0 fully saturated rings. The van der Waals surface area contributed by atoms with E-state index < -0.39 is 0 Å². The Morgan fingerprint density at radius 2 is 0.732 bits per heavy atom. The normalized spacial score (nSPS) is 11.6. The zero-order chi connectivity index (χ0) is 37.0. The molecule has 11 aromatic rings. The molecule has 3 heterocycles. The van der Waals surface area contributed by atoms with Crippen LogP contribution in [0.5, 0.6) is 0 Å². The van der Waals surface area contributed by atoms with E-state index in [0.29, 0.717) is 17.5 Å². The van der Waals surface area contributed by atoms with Gasteiger partial charge >= 0.3 is 0 Å². The van der Waals surface area contributed by atoms with Crippen LogP contribution in [-0.2, 0) is 0 Å². The predicted molar refractivity (Wildman–Crippen MR) is 227 cm³/mol. The molecule has 262 valence electrons. The molecule has 3 aromatic heterocycles. The Hall–Kier alpha value is -7.63. The monoisotopic (exact) mass is 717 g/mol. The van der Waals surface area contributed by atoms with Gasteiger partial charge < -0.3 is 8.83 Å². The highest BCUT2D eigenvalue weighted by molar-refractivity contribution is 6.15. The average Bonchev–Trinajstić information content (AvgIpc) is 3.83. The first-order valence-corrected chi connectivity index (χ1v) is 18.7. The molecule has 0 spiro atoms. The molecule has 0 atom stereocenters. The van der Waals surface area contributed by atoms with Crippen LogP contribution in [0.15, 0.2) is 197 Å². The van der Waals surface area contributed by atoms with Crippen molar-refractivity contribution in [2.75, 3.05) is 0 Å². The summed E-state index contributed by atoms with van der Waals surface area (Å²) < 4.78 is 12.6. The molecular weight excluding hydrogens is 687 g/mol. The third-order valence-electron chi connectivity index (χ3n) is 10.6. The molecule has 56 heavy (non-hydrogen) atoms. The Morgan fingerprint density at radius 3 is 1.50 bits per heavy atom. The molecule has 0 amide bonds. The van der Waals surface area contributed by atoms with Crippen molar-refractivity contribution in [3.8, 4) is 67.5 Å². The van der Waals surface area contributed by atoms with Crippen molar-refractivity contribution in [1.82, 2.24) is 15.0 Å². The Labute approximate surface area is 322 Å². The van der Waals surface area contributed by atoms with Gasteiger partial charge in [-0.3, -0.25) is 0 Å². The van der Waals surface area contributed by atoms with Crippen molar-refractivity contribution in [1.29, 1.82) is 0 Å². The average molecular weight is 718 g/mol. The maximum absolute atomic E-state index is 6.38. The van der Waals surface area contributed by atoms with E-state index in [1.807, 2.05) is 36.4 Å². The summed E-state index contributed by atoms with van der Waals surface area (Å²) in [6.45, 7) is 0. The molecule has 0 bridgehead atoms. The van der Waals surface area contributed by atoms with Crippen LogP contribution in [0.3, 0.4) is 0 Å². The molecule has 0 aliphatic rings. The lowest BCUT2D eigenvalue weighted by atomic mass is 9.98. The largest absolute Gasteiger partial charge is 0.456 e. The fourth-order valence-corrected chi connectivity index (χ4v) is 7.76. The molecule has 0 saturated carbocycles. The van der Waals surface area contributed by atoms with Crippen molar-refractivity contribution in [3.63, 3.8) is 0 Å². The molecule has 0 N–H and O–H groups in total. The van der Waals surface area contributed by atoms with Crippen molar-refractivity contribution in [2.45, 2.75) is 0 Å². The van der Waals surface area contributed by atoms with Crippen molar-refractivity contribution < 1.29 is 8.83 Å². The predicted octanol–water partition coefficient (Wildman–Crippen LogP) is 13.7. The zero-order valence-corrected chi connectivity index (χ0v) is 30.1. The minimum atomic E-state index is 0.601. The van der Waals surface area contributed by atoms with Gasteiger partial charge in [0.1, 0.15) is 22.3 Å². The number of para-hydroxylation sites is 1. The van der Waals surface area contributed by atoms with Crippen LogP contribution in [0.25, 0.3) is 111 Å². The third-order valence-corrected chi connectivity index (χ3v) is 10.6. The molecule has 0 saturated heterocycles.